The van der Waals surface area contributed by atoms with Gasteiger partial charge in [0.1, 0.15) is 0 Å². The summed E-state index contributed by atoms with van der Waals surface area (Å²) in [7, 11) is -0.453. The van der Waals surface area contributed by atoms with Crippen LogP contribution in [-0.2, 0) is 14.8 Å². The summed E-state index contributed by atoms with van der Waals surface area (Å²) in [5, 5.41) is 3.62. The Labute approximate surface area is 255 Å². The van der Waals surface area contributed by atoms with Gasteiger partial charge in [0, 0.05) is 50.3 Å². The van der Waals surface area contributed by atoms with E-state index < -0.39 is 16.1 Å². The van der Waals surface area contributed by atoms with Gasteiger partial charge in [-0.15, -0.1) is 0 Å². The molecule has 13 heteroatoms. The van der Waals surface area contributed by atoms with Gasteiger partial charge in [0.2, 0.25) is 5.91 Å². The molecule has 0 radical (unpaired) electrons. The first-order valence-corrected chi connectivity index (χ1v) is 15.7. The number of amides is 1. The maximum atomic E-state index is 13.4. The monoisotopic (exact) mass is 626 g/mol. The number of ketones is 1. The SMILES string of the molecule is CN1CCC(CCCC(=O)c2cnc(NNC(=S)NC3c4ccccc4N(C)S(=O)(=O)c4ccccc43)c(Cl)c2)C1=O. The topological polar surface area (TPSA) is 124 Å². The van der Waals surface area contributed by atoms with Gasteiger partial charge < -0.3 is 10.2 Å². The number of anilines is 2. The Morgan fingerprint density at radius 3 is 2.55 bits per heavy atom. The third-order valence-electron chi connectivity index (χ3n) is 7.68. The van der Waals surface area contributed by atoms with Crippen molar-refractivity contribution in [2.75, 3.05) is 30.4 Å². The largest absolute Gasteiger partial charge is 0.350 e. The van der Waals surface area contributed by atoms with Crippen LogP contribution in [0.15, 0.2) is 65.7 Å². The number of hydrazine groups is 1. The van der Waals surface area contributed by atoms with E-state index in [4.69, 9.17) is 23.8 Å². The molecule has 5 rings (SSSR count). The van der Waals surface area contributed by atoms with Crippen LogP contribution < -0.4 is 20.5 Å². The summed E-state index contributed by atoms with van der Waals surface area (Å²) in [6.45, 7) is 0.763. The quantitative estimate of drug-likeness (QED) is 0.191. The predicted molar refractivity (Wildman–Crippen MR) is 166 cm³/mol. The number of halogens is 1. The van der Waals surface area contributed by atoms with Gasteiger partial charge in [-0.25, -0.2) is 13.4 Å². The molecule has 3 N–H and O–H groups in total. The molecule has 10 nitrogen and oxygen atoms in total. The highest BCUT2D eigenvalue weighted by molar-refractivity contribution is 7.92. The number of carbonyl (C=O) groups excluding carboxylic acids is 2. The lowest BCUT2D eigenvalue weighted by Crippen LogP contribution is -2.41. The molecule has 2 atom stereocenters. The van der Waals surface area contributed by atoms with Gasteiger partial charge in [0.25, 0.3) is 10.0 Å². The van der Waals surface area contributed by atoms with Gasteiger partial charge >= 0.3 is 0 Å². The smallest absolute Gasteiger partial charge is 0.264 e. The molecule has 1 aromatic heterocycles. The minimum atomic E-state index is -3.78. The summed E-state index contributed by atoms with van der Waals surface area (Å²) < 4.78 is 28.0. The number of sulfonamides is 1. The fourth-order valence-corrected chi connectivity index (χ4v) is 7.19. The van der Waals surface area contributed by atoms with Crippen molar-refractivity contribution in [3.05, 3.63) is 82.5 Å². The highest BCUT2D eigenvalue weighted by Crippen LogP contribution is 2.39. The number of nitrogens with one attached hydrogen (secondary N) is 3. The first-order chi connectivity index (χ1) is 20.1. The van der Waals surface area contributed by atoms with E-state index in [0.717, 1.165) is 18.5 Å². The van der Waals surface area contributed by atoms with Crippen molar-refractivity contribution < 1.29 is 18.0 Å². The average molecular weight is 627 g/mol. The molecule has 0 bridgehead atoms. The van der Waals surface area contributed by atoms with Crippen molar-refractivity contribution in [2.24, 2.45) is 5.92 Å². The van der Waals surface area contributed by atoms with Gasteiger partial charge in [-0.2, -0.15) is 0 Å². The van der Waals surface area contributed by atoms with Crippen LogP contribution in [0.2, 0.25) is 5.02 Å². The third kappa shape index (κ3) is 5.92. The normalized spacial score (nSPS) is 19.0. The number of hydrogen-bond acceptors (Lipinski definition) is 7. The number of carbonyl (C=O) groups is 2. The Morgan fingerprint density at radius 2 is 1.83 bits per heavy atom. The summed E-state index contributed by atoms with van der Waals surface area (Å²) in [4.78, 5) is 31.0. The lowest BCUT2D eigenvalue weighted by molar-refractivity contribution is -0.130. The number of thiocarbonyl (C=S) groups is 1. The summed E-state index contributed by atoms with van der Waals surface area (Å²) in [6.07, 6.45) is 3.88. The molecule has 1 saturated heterocycles. The molecule has 3 aromatic rings. The van der Waals surface area contributed by atoms with E-state index >= 15 is 0 Å². The lowest BCUT2D eigenvalue weighted by Gasteiger charge is -2.23. The maximum Gasteiger partial charge on any atom is 0.264 e. The van der Waals surface area contributed by atoms with Crippen LogP contribution in [0.1, 0.15) is 53.2 Å². The molecule has 2 aromatic carbocycles. The number of para-hydroxylation sites is 1. The fraction of sp³-hybridized carbons (Fsp3) is 0.310. The highest BCUT2D eigenvalue weighted by Gasteiger charge is 2.35. The van der Waals surface area contributed by atoms with E-state index in [0.29, 0.717) is 36.1 Å². The van der Waals surface area contributed by atoms with Crippen LogP contribution in [-0.4, -0.2) is 55.7 Å². The second kappa shape index (κ2) is 12.2. The lowest BCUT2D eigenvalue weighted by atomic mass is 9.97. The van der Waals surface area contributed by atoms with Gasteiger partial charge in [-0.3, -0.25) is 24.7 Å². The molecular weight excluding hydrogens is 596 g/mol. The highest BCUT2D eigenvalue weighted by atomic mass is 35.5. The van der Waals surface area contributed by atoms with E-state index in [2.05, 4.69) is 21.2 Å². The van der Waals surface area contributed by atoms with Crippen molar-refractivity contribution in [1.82, 2.24) is 20.6 Å². The minimum absolute atomic E-state index is 0.00938. The van der Waals surface area contributed by atoms with Crippen LogP contribution in [0.3, 0.4) is 0 Å². The van der Waals surface area contributed by atoms with Gasteiger partial charge in [0.15, 0.2) is 16.7 Å². The fourth-order valence-electron chi connectivity index (χ4n) is 5.35. The number of rotatable bonds is 8. The number of hydrogen-bond donors (Lipinski definition) is 3. The van der Waals surface area contributed by atoms with E-state index in [1.54, 1.807) is 54.4 Å². The Kier molecular flexibility index (Phi) is 8.67. The average Bonchev–Trinajstić information content (AvgIpc) is 3.28. The number of likely N-dealkylation sites (tertiary alicyclic amines) is 1. The third-order valence-corrected chi connectivity index (χ3v) is 10.0. The number of benzene rings is 2. The zero-order valence-corrected chi connectivity index (χ0v) is 25.5. The van der Waals surface area contributed by atoms with E-state index in [1.807, 2.05) is 12.1 Å². The van der Waals surface area contributed by atoms with Crippen molar-refractivity contribution >= 4 is 62.2 Å². The molecule has 2 unspecified atom stereocenters. The molecule has 0 saturated carbocycles. The predicted octanol–water partition coefficient (Wildman–Crippen LogP) is 4.29. The maximum absolute atomic E-state index is 13.4. The number of aromatic nitrogens is 1. The summed E-state index contributed by atoms with van der Waals surface area (Å²) in [5.74, 6) is 0.309. The van der Waals surface area contributed by atoms with Crippen molar-refractivity contribution in [2.45, 2.75) is 36.6 Å². The summed E-state index contributed by atoms with van der Waals surface area (Å²) >= 11 is 12.0. The van der Waals surface area contributed by atoms with Crippen molar-refractivity contribution in [1.29, 1.82) is 0 Å². The number of nitrogens with zero attached hydrogens (tertiary/aromatic N) is 3. The molecule has 1 amide bonds. The number of Topliss-reactive ketones (excluding diaryl/α,β-unsaturated/α-hetero) is 1. The van der Waals surface area contributed by atoms with E-state index in [-0.39, 0.29) is 38.5 Å². The molecule has 2 aliphatic heterocycles. The molecular formula is C29H31ClN6O4S2. The van der Waals surface area contributed by atoms with Gasteiger partial charge in [0.05, 0.1) is 21.6 Å². The van der Waals surface area contributed by atoms with Crippen molar-refractivity contribution in [3.8, 4) is 0 Å². The zero-order valence-electron chi connectivity index (χ0n) is 23.1. The number of fused-ring (bicyclic) bond motifs is 2. The molecule has 0 spiro atoms. The van der Waals surface area contributed by atoms with Crippen LogP contribution in [0.5, 0.6) is 0 Å². The second-order valence-corrected chi connectivity index (χ2v) is 13.1. The Hall–Kier alpha value is -3.74. The van der Waals surface area contributed by atoms with Crippen LogP contribution >= 0.6 is 23.8 Å². The van der Waals surface area contributed by atoms with Crippen molar-refractivity contribution in [3.63, 3.8) is 0 Å². The first-order valence-electron chi connectivity index (χ1n) is 13.5. The molecule has 2 aliphatic rings. The van der Waals surface area contributed by atoms with Gasteiger partial charge in [-0.1, -0.05) is 48.0 Å². The minimum Gasteiger partial charge on any atom is -0.350 e. The van der Waals surface area contributed by atoms with Crippen LogP contribution in [0, 0.1) is 5.92 Å². The molecule has 0 aliphatic carbocycles. The standard InChI is InChI=1S/C29H31ClN6O4S2/c1-35-15-14-18(28(35)38)8-7-12-24(37)19-16-22(30)27(31-17-19)33-34-29(41)32-26-20-9-3-5-11-23(20)36(2)42(39,40)25-13-6-4-10-21(25)26/h3-6,9-11,13,16-18,26H,7-8,12,14-15H2,1-2H3,(H,31,33)(H2,32,34,41). The van der Waals surface area contributed by atoms with E-state index in [9.17, 15) is 18.0 Å². The van der Waals surface area contributed by atoms with Crippen LogP contribution in [0.25, 0.3) is 0 Å². The molecule has 1 fully saturated rings. The Bertz CT molecular complexity index is 1650. The Morgan fingerprint density at radius 1 is 1.12 bits per heavy atom. The second-order valence-electron chi connectivity index (χ2n) is 10.3. The Balaban J connectivity index is 1.24. The summed E-state index contributed by atoms with van der Waals surface area (Å²) in [5.41, 5.74) is 7.95. The molecule has 3 heterocycles. The van der Waals surface area contributed by atoms with E-state index in [1.165, 1.54) is 17.5 Å². The molecule has 220 valence electrons. The first kappa shape index (κ1) is 29.7. The zero-order chi connectivity index (χ0) is 30.0. The van der Waals surface area contributed by atoms with Gasteiger partial charge in [-0.05, 0) is 55.2 Å². The summed E-state index contributed by atoms with van der Waals surface area (Å²) in [6, 6.07) is 15.0. The number of pyridine rings is 1. The van der Waals surface area contributed by atoms with Crippen LogP contribution in [0.4, 0.5) is 11.5 Å². The molecule has 42 heavy (non-hydrogen) atoms.